The van der Waals surface area contributed by atoms with E-state index in [4.69, 9.17) is 0 Å². The zero-order valence-electron chi connectivity index (χ0n) is 12.5. The van der Waals surface area contributed by atoms with Gasteiger partial charge in [-0.1, -0.05) is 19.4 Å². The minimum absolute atomic E-state index is 0.158. The third-order valence-electron chi connectivity index (χ3n) is 4.43. The SMILES string of the molecule is CCC1CC(C(=O)O)C(C(=O)N[C@@H](C)c2cccnc2)C1. The van der Waals surface area contributed by atoms with Crippen LogP contribution >= 0.6 is 0 Å². The minimum atomic E-state index is -0.861. The van der Waals surface area contributed by atoms with Gasteiger partial charge in [-0.15, -0.1) is 0 Å². The molecule has 114 valence electrons. The molecule has 4 atom stereocenters. The molecular formula is C16H22N2O3. The van der Waals surface area contributed by atoms with E-state index in [0.29, 0.717) is 18.8 Å². The first-order valence-corrected chi connectivity index (χ1v) is 7.46. The molecule has 1 aromatic heterocycles. The van der Waals surface area contributed by atoms with Crippen molar-refractivity contribution >= 4 is 11.9 Å². The van der Waals surface area contributed by atoms with E-state index in [1.807, 2.05) is 26.0 Å². The first-order chi connectivity index (χ1) is 10.0. The molecule has 1 aromatic rings. The van der Waals surface area contributed by atoms with Crippen LogP contribution in [0.25, 0.3) is 0 Å². The highest BCUT2D eigenvalue weighted by atomic mass is 16.4. The quantitative estimate of drug-likeness (QED) is 0.872. The average Bonchev–Trinajstić information content (AvgIpc) is 2.92. The van der Waals surface area contributed by atoms with Gasteiger partial charge in [0.25, 0.3) is 0 Å². The van der Waals surface area contributed by atoms with Gasteiger partial charge in [-0.25, -0.2) is 0 Å². The molecule has 3 unspecified atom stereocenters. The summed E-state index contributed by atoms with van der Waals surface area (Å²) in [4.78, 5) is 27.8. The summed E-state index contributed by atoms with van der Waals surface area (Å²) in [6, 6.07) is 3.55. The van der Waals surface area contributed by atoms with Crippen molar-refractivity contribution in [3.05, 3.63) is 30.1 Å². The van der Waals surface area contributed by atoms with Gasteiger partial charge in [0.1, 0.15) is 0 Å². The van der Waals surface area contributed by atoms with Crippen molar-refractivity contribution in [1.29, 1.82) is 0 Å². The van der Waals surface area contributed by atoms with Crippen molar-refractivity contribution in [1.82, 2.24) is 10.3 Å². The first-order valence-electron chi connectivity index (χ1n) is 7.46. The number of carbonyl (C=O) groups excluding carboxylic acids is 1. The lowest BCUT2D eigenvalue weighted by atomic mass is 9.95. The Hall–Kier alpha value is -1.91. The van der Waals surface area contributed by atoms with Gasteiger partial charge in [-0.05, 0) is 37.3 Å². The lowest BCUT2D eigenvalue weighted by Gasteiger charge is -2.19. The van der Waals surface area contributed by atoms with Gasteiger partial charge in [0.05, 0.1) is 17.9 Å². The second kappa shape index (κ2) is 6.70. The van der Waals surface area contributed by atoms with Crippen molar-refractivity contribution in [2.24, 2.45) is 17.8 Å². The van der Waals surface area contributed by atoms with Crippen molar-refractivity contribution in [3.8, 4) is 0 Å². The van der Waals surface area contributed by atoms with Gasteiger partial charge in [0.15, 0.2) is 0 Å². The molecule has 1 fully saturated rings. The van der Waals surface area contributed by atoms with Gasteiger partial charge >= 0.3 is 5.97 Å². The Morgan fingerprint density at radius 1 is 1.43 bits per heavy atom. The molecule has 1 aliphatic rings. The van der Waals surface area contributed by atoms with Crippen LogP contribution in [0, 0.1) is 17.8 Å². The molecule has 0 aromatic carbocycles. The maximum Gasteiger partial charge on any atom is 0.307 e. The number of carboxylic acid groups (broad SMARTS) is 1. The number of pyridine rings is 1. The van der Waals surface area contributed by atoms with Gasteiger partial charge in [-0.3, -0.25) is 14.6 Å². The summed E-state index contributed by atoms with van der Waals surface area (Å²) in [7, 11) is 0. The zero-order chi connectivity index (χ0) is 15.4. The summed E-state index contributed by atoms with van der Waals surface area (Å²) < 4.78 is 0. The monoisotopic (exact) mass is 290 g/mol. The zero-order valence-corrected chi connectivity index (χ0v) is 12.5. The van der Waals surface area contributed by atoms with Crippen LogP contribution in [0.3, 0.4) is 0 Å². The molecule has 1 heterocycles. The standard InChI is InChI=1S/C16H22N2O3/c1-3-11-7-13(14(8-11)16(20)21)15(19)18-10(2)12-5-4-6-17-9-12/h4-6,9-11,13-14H,3,7-8H2,1-2H3,(H,18,19)(H,20,21)/t10-,11?,13?,14?/m0/s1. The Morgan fingerprint density at radius 2 is 2.14 bits per heavy atom. The number of aromatic nitrogens is 1. The Labute approximate surface area is 124 Å². The summed E-state index contributed by atoms with van der Waals surface area (Å²) in [5, 5.41) is 12.2. The van der Waals surface area contributed by atoms with Crippen LogP contribution in [0.5, 0.6) is 0 Å². The molecule has 21 heavy (non-hydrogen) atoms. The average molecular weight is 290 g/mol. The summed E-state index contributed by atoms with van der Waals surface area (Å²) in [5.74, 6) is -1.67. The Bertz CT molecular complexity index is 504. The van der Waals surface area contributed by atoms with E-state index in [1.165, 1.54) is 0 Å². The van der Waals surface area contributed by atoms with Crippen molar-refractivity contribution in [2.45, 2.75) is 39.2 Å². The van der Waals surface area contributed by atoms with Crippen LogP contribution in [0.15, 0.2) is 24.5 Å². The molecule has 2 rings (SSSR count). The van der Waals surface area contributed by atoms with Crippen molar-refractivity contribution < 1.29 is 14.7 Å². The number of carbonyl (C=O) groups is 2. The van der Waals surface area contributed by atoms with E-state index in [2.05, 4.69) is 10.3 Å². The van der Waals surface area contributed by atoms with Gasteiger partial charge in [0, 0.05) is 12.4 Å². The molecule has 0 bridgehead atoms. The van der Waals surface area contributed by atoms with Gasteiger partial charge in [0.2, 0.25) is 5.91 Å². The molecule has 1 amide bonds. The molecule has 2 N–H and O–H groups in total. The lowest BCUT2D eigenvalue weighted by Crippen LogP contribution is -2.36. The number of rotatable bonds is 5. The minimum Gasteiger partial charge on any atom is -0.481 e. The fourth-order valence-corrected chi connectivity index (χ4v) is 3.07. The van der Waals surface area contributed by atoms with Crippen LogP contribution in [-0.2, 0) is 9.59 Å². The number of nitrogens with zero attached hydrogens (tertiary/aromatic N) is 1. The van der Waals surface area contributed by atoms with E-state index in [-0.39, 0.29) is 11.9 Å². The summed E-state index contributed by atoms with van der Waals surface area (Å²) in [5.41, 5.74) is 0.919. The maximum absolute atomic E-state index is 12.4. The predicted molar refractivity (Wildman–Crippen MR) is 78.4 cm³/mol. The molecule has 5 heteroatoms. The van der Waals surface area contributed by atoms with Crippen LogP contribution in [0.2, 0.25) is 0 Å². The highest BCUT2D eigenvalue weighted by Crippen LogP contribution is 2.38. The lowest BCUT2D eigenvalue weighted by molar-refractivity contribution is -0.146. The highest BCUT2D eigenvalue weighted by Gasteiger charge is 2.42. The molecule has 0 spiro atoms. The topological polar surface area (TPSA) is 79.3 Å². The van der Waals surface area contributed by atoms with E-state index in [0.717, 1.165) is 12.0 Å². The number of hydrogen-bond donors (Lipinski definition) is 2. The largest absolute Gasteiger partial charge is 0.481 e. The summed E-state index contributed by atoms with van der Waals surface area (Å²) >= 11 is 0. The molecule has 0 saturated heterocycles. The second-order valence-electron chi connectivity index (χ2n) is 5.81. The number of amides is 1. The Morgan fingerprint density at radius 3 is 2.71 bits per heavy atom. The smallest absolute Gasteiger partial charge is 0.307 e. The predicted octanol–water partition coefficient (Wildman–Crippen LogP) is 2.40. The van der Waals surface area contributed by atoms with Crippen LogP contribution in [-0.4, -0.2) is 22.0 Å². The summed E-state index contributed by atoms with van der Waals surface area (Å²) in [6.07, 6.45) is 5.58. The molecular weight excluding hydrogens is 268 g/mol. The van der Waals surface area contributed by atoms with E-state index < -0.39 is 17.8 Å². The molecule has 5 nitrogen and oxygen atoms in total. The van der Waals surface area contributed by atoms with Gasteiger partial charge < -0.3 is 10.4 Å². The molecule has 1 aliphatic carbocycles. The Balaban J connectivity index is 2.03. The maximum atomic E-state index is 12.4. The van der Waals surface area contributed by atoms with E-state index in [1.54, 1.807) is 12.4 Å². The van der Waals surface area contributed by atoms with Crippen LogP contribution in [0.4, 0.5) is 0 Å². The van der Waals surface area contributed by atoms with E-state index in [9.17, 15) is 14.7 Å². The van der Waals surface area contributed by atoms with Crippen molar-refractivity contribution in [2.75, 3.05) is 0 Å². The second-order valence-corrected chi connectivity index (χ2v) is 5.81. The first kappa shape index (κ1) is 15.5. The normalized spacial score (nSPS) is 26.3. The highest BCUT2D eigenvalue weighted by molar-refractivity contribution is 5.85. The number of aliphatic carboxylic acids is 1. The number of hydrogen-bond acceptors (Lipinski definition) is 3. The molecule has 0 aliphatic heterocycles. The fraction of sp³-hybridized carbons (Fsp3) is 0.562. The number of carboxylic acids is 1. The third kappa shape index (κ3) is 3.60. The number of nitrogens with one attached hydrogen (secondary N) is 1. The van der Waals surface area contributed by atoms with Gasteiger partial charge in [-0.2, -0.15) is 0 Å². The molecule has 0 radical (unpaired) electrons. The Kier molecular flexibility index (Phi) is 4.94. The van der Waals surface area contributed by atoms with E-state index >= 15 is 0 Å². The van der Waals surface area contributed by atoms with Crippen LogP contribution < -0.4 is 5.32 Å². The summed E-state index contributed by atoms with van der Waals surface area (Å²) in [6.45, 7) is 3.93. The van der Waals surface area contributed by atoms with Crippen LogP contribution in [0.1, 0.15) is 44.7 Å². The third-order valence-corrected chi connectivity index (χ3v) is 4.43. The fourth-order valence-electron chi connectivity index (χ4n) is 3.07. The van der Waals surface area contributed by atoms with Crippen molar-refractivity contribution in [3.63, 3.8) is 0 Å². The molecule has 1 saturated carbocycles.